The Hall–Kier alpha value is -2.18. The van der Waals surface area contributed by atoms with Gasteiger partial charge in [-0.3, -0.25) is 4.79 Å². The SMILES string of the molecule is Cc1ccc(S(=O)(=O)NC(CC(=O)N(C)C)c2ccccc2)cc1. The first-order valence-corrected chi connectivity index (χ1v) is 9.12. The maximum Gasteiger partial charge on any atom is 0.241 e. The average Bonchev–Trinajstić information content (AvgIpc) is 2.55. The molecule has 1 N–H and O–H groups in total. The molecule has 6 heteroatoms. The van der Waals surface area contributed by atoms with E-state index in [1.807, 2.05) is 37.3 Å². The zero-order chi connectivity index (χ0) is 17.7. The molecule has 0 aliphatic carbocycles. The van der Waals surface area contributed by atoms with Gasteiger partial charge in [-0.1, -0.05) is 48.0 Å². The highest BCUT2D eigenvalue weighted by Gasteiger charge is 2.24. The highest BCUT2D eigenvalue weighted by atomic mass is 32.2. The van der Waals surface area contributed by atoms with Crippen LogP contribution < -0.4 is 4.72 Å². The maximum absolute atomic E-state index is 12.6. The second-order valence-corrected chi connectivity index (χ2v) is 7.60. The summed E-state index contributed by atoms with van der Waals surface area (Å²) in [5.41, 5.74) is 1.74. The van der Waals surface area contributed by atoms with Crippen molar-refractivity contribution in [2.24, 2.45) is 0 Å². The Bertz CT molecular complexity index is 785. The summed E-state index contributed by atoms with van der Waals surface area (Å²) in [5, 5.41) is 0. The van der Waals surface area contributed by atoms with Crippen LogP contribution in [-0.2, 0) is 14.8 Å². The largest absolute Gasteiger partial charge is 0.349 e. The quantitative estimate of drug-likeness (QED) is 0.874. The monoisotopic (exact) mass is 346 g/mol. The first-order chi connectivity index (χ1) is 11.3. The van der Waals surface area contributed by atoms with Crippen molar-refractivity contribution in [2.75, 3.05) is 14.1 Å². The van der Waals surface area contributed by atoms with E-state index in [1.165, 1.54) is 4.90 Å². The molecule has 1 atom stereocenters. The third kappa shape index (κ3) is 4.66. The lowest BCUT2D eigenvalue weighted by Crippen LogP contribution is -2.33. The van der Waals surface area contributed by atoms with E-state index in [-0.39, 0.29) is 17.2 Å². The molecule has 1 unspecified atom stereocenters. The molecule has 0 saturated carbocycles. The highest BCUT2D eigenvalue weighted by Crippen LogP contribution is 2.21. The molecule has 0 heterocycles. The molecule has 0 spiro atoms. The topological polar surface area (TPSA) is 66.5 Å². The third-order valence-corrected chi connectivity index (χ3v) is 5.20. The van der Waals surface area contributed by atoms with E-state index in [1.54, 1.807) is 38.4 Å². The maximum atomic E-state index is 12.6. The number of rotatable bonds is 6. The van der Waals surface area contributed by atoms with E-state index < -0.39 is 16.1 Å². The third-order valence-electron chi connectivity index (χ3n) is 3.71. The van der Waals surface area contributed by atoms with Crippen LogP contribution in [0, 0.1) is 6.92 Å². The Morgan fingerprint density at radius 1 is 1.04 bits per heavy atom. The van der Waals surface area contributed by atoms with E-state index in [0.717, 1.165) is 11.1 Å². The summed E-state index contributed by atoms with van der Waals surface area (Å²) in [5.74, 6) is -0.143. The molecule has 2 aromatic rings. The van der Waals surface area contributed by atoms with Crippen LogP contribution >= 0.6 is 0 Å². The van der Waals surface area contributed by atoms with E-state index in [4.69, 9.17) is 0 Å². The lowest BCUT2D eigenvalue weighted by molar-refractivity contribution is -0.129. The number of nitrogens with one attached hydrogen (secondary N) is 1. The summed E-state index contributed by atoms with van der Waals surface area (Å²) in [6.07, 6.45) is 0.0576. The molecule has 0 saturated heterocycles. The van der Waals surface area contributed by atoms with Crippen molar-refractivity contribution in [1.82, 2.24) is 9.62 Å². The lowest BCUT2D eigenvalue weighted by Gasteiger charge is -2.21. The fourth-order valence-electron chi connectivity index (χ4n) is 2.24. The van der Waals surface area contributed by atoms with Crippen LogP contribution in [0.2, 0.25) is 0 Å². The minimum absolute atomic E-state index is 0.0576. The van der Waals surface area contributed by atoms with Crippen molar-refractivity contribution in [2.45, 2.75) is 24.3 Å². The first kappa shape index (κ1) is 18.2. The second kappa shape index (κ2) is 7.59. The molecule has 0 aromatic heterocycles. The fourth-order valence-corrected chi connectivity index (χ4v) is 3.47. The van der Waals surface area contributed by atoms with Crippen LogP contribution in [0.3, 0.4) is 0 Å². The normalized spacial score (nSPS) is 12.6. The number of hydrogen-bond acceptors (Lipinski definition) is 3. The molecule has 0 fully saturated rings. The van der Waals surface area contributed by atoms with Crippen molar-refractivity contribution < 1.29 is 13.2 Å². The Kier molecular flexibility index (Phi) is 5.75. The number of sulfonamides is 1. The summed E-state index contributed by atoms with van der Waals surface area (Å²) < 4.78 is 27.9. The summed E-state index contributed by atoms with van der Waals surface area (Å²) in [6, 6.07) is 15.1. The van der Waals surface area contributed by atoms with Gasteiger partial charge in [-0.05, 0) is 24.6 Å². The molecule has 128 valence electrons. The number of benzene rings is 2. The van der Waals surface area contributed by atoms with Gasteiger partial charge in [0, 0.05) is 20.5 Å². The smallest absolute Gasteiger partial charge is 0.241 e. The average molecular weight is 346 g/mol. The number of aryl methyl sites for hydroxylation is 1. The first-order valence-electron chi connectivity index (χ1n) is 7.63. The summed E-state index contributed by atoms with van der Waals surface area (Å²) in [6.45, 7) is 1.90. The molecule has 0 aliphatic heterocycles. The number of hydrogen-bond donors (Lipinski definition) is 1. The van der Waals surface area contributed by atoms with E-state index in [9.17, 15) is 13.2 Å². The van der Waals surface area contributed by atoms with Gasteiger partial charge in [-0.25, -0.2) is 13.1 Å². The van der Waals surface area contributed by atoms with Gasteiger partial charge in [-0.2, -0.15) is 0 Å². The van der Waals surface area contributed by atoms with Crippen molar-refractivity contribution in [3.63, 3.8) is 0 Å². The van der Waals surface area contributed by atoms with Crippen LogP contribution in [-0.4, -0.2) is 33.3 Å². The fraction of sp³-hybridized carbons (Fsp3) is 0.278. The van der Waals surface area contributed by atoms with Gasteiger partial charge < -0.3 is 4.90 Å². The van der Waals surface area contributed by atoms with Gasteiger partial charge in [0.25, 0.3) is 0 Å². The molecule has 24 heavy (non-hydrogen) atoms. The van der Waals surface area contributed by atoms with Crippen LogP contribution in [0.4, 0.5) is 0 Å². The summed E-state index contributed by atoms with van der Waals surface area (Å²) in [4.78, 5) is 13.7. The highest BCUT2D eigenvalue weighted by molar-refractivity contribution is 7.89. The van der Waals surface area contributed by atoms with Gasteiger partial charge in [0.2, 0.25) is 15.9 Å². The van der Waals surface area contributed by atoms with E-state index >= 15 is 0 Å². The molecule has 2 aromatic carbocycles. The number of carbonyl (C=O) groups excluding carboxylic acids is 1. The van der Waals surface area contributed by atoms with E-state index in [2.05, 4.69) is 4.72 Å². The standard InChI is InChI=1S/C18H22N2O3S/c1-14-9-11-16(12-10-14)24(22,23)19-17(13-18(21)20(2)3)15-7-5-4-6-8-15/h4-12,17,19H,13H2,1-3H3. The Morgan fingerprint density at radius 3 is 2.17 bits per heavy atom. The summed E-state index contributed by atoms with van der Waals surface area (Å²) in [7, 11) is -0.413. The molecular weight excluding hydrogens is 324 g/mol. The van der Waals surface area contributed by atoms with Gasteiger partial charge in [0.1, 0.15) is 0 Å². The van der Waals surface area contributed by atoms with Gasteiger partial charge in [0.05, 0.1) is 10.9 Å². The zero-order valence-electron chi connectivity index (χ0n) is 14.1. The predicted octanol–water partition coefficient (Wildman–Crippen LogP) is 2.49. The minimum Gasteiger partial charge on any atom is -0.349 e. The van der Waals surface area contributed by atoms with Crippen molar-refractivity contribution in [3.05, 3.63) is 65.7 Å². The molecule has 2 rings (SSSR count). The van der Waals surface area contributed by atoms with E-state index in [0.29, 0.717) is 0 Å². The Labute approximate surface area is 143 Å². The van der Waals surface area contributed by atoms with Crippen molar-refractivity contribution in [1.29, 1.82) is 0 Å². The van der Waals surface area contributed by atoms with Gasteiger partial charge in [0.15, 0.2) is 0 Å². The predicted molar refractivity (Wildman–Crippen MR) is 94.0 cm³/mol. The minimum atomic E-state index is -3.72. The Morgan fingerprint density at radius 2 is 1.62 bits per heavy atom. The van der Waals surface area contributed by atoms with Gasteiger partial charge in [-0.15, -0.1) is 0 Å². The summed E-state index contributed by atoms with van der Waals surface area (Å²) >= 11 is 0. The lowest BCUT2D eigenvalue weighted by atomic mass is 10.0. The van der Waals surface area contributed by atoms with Crippen molar-refractivity contribution in [3.8, 4) is 0 Å². The Balaban J connectivity index is 2.30. The molecule has 5 nitrogen and oxygen atoms in total. The number of nitrogens with zero attached hydrogens (tertiary/aromatic N) is 1. The molecule has 1 amide bonds. The number of amides is 1. The molecular formula is C18H22N2O3S. The molecule has 0 aliphatic rings. The second-order valence-electron chi connectivity index (χ2n) is 5.89. The zero-order valence-corrected chi connectivity index (χ0v) is 14.9. The van der Waals surface area contributed by atoms with Crippen LogP contribution in [0.15, 0.2) is 59.5 Å². The number of carbonyl (C=O) groups is 1. The van der Waals surface area contributed by atoms with Crippen LogP contribution in [0.5, 0.6) is 0 Å². The van der Waals surface area contributed by atoms with Crippen LogP contribution in [0.1, 0.15) is 23.6 Å². The van der Waals surface area contributed by atoms with Crippen molar-refractivity contribution >= 4 is 15.9 Å². The molecule has 0 radical (unpaired) electrons. The molecule has 0 bridgehead atoms. The van der Waals surface area contributed by atoms with Crippen LogP contribution in [0.25, 0.3) is 0 Å². The van der Waals surface area contributed by atoms with Gasteiger partial charge >= 0.3 is 0 Å².